The molecule has 0 aliphatic carbocycles. The number of carbonyl (C=O) groups excluding carboxylic acids is 2. The molecule has 0 spiro atoms. The van der Waals surface area contributed by atoms with E-state index in [1.54, 1.807) is 0 Å². The highest BCUT2D eigenvalue weighted by Crippen LogP contribution is 2.01. The second-order valence-corrected chi connectivity index (χ2v) is 4.96. The molecule has 0 aromatic carbocycles. The maximum absolute atomic E-state index is 11.2. The van der Waals surface area contributed by atoms with Crippen molar-refractivity contribution >= 4 is 35.5 Å². The normalized spacial score (nSPS) is 9.16. The van der Waals surface area contributed by atoms with Gasteiger partial charge in [0.05, 0.1) is 13.2 Å². The number of hydrogen-bond donors (Lipinski definition) is 0. The number of carbonyl (C=O) groups is 2. The molecule has 6 nitrogen and oxygen atoms in total. The third kappa shape index (κ3) is 12.9. The Hall–Kier alpha value is -1.38. The van der Waals surface area contributed by atoms with Gasteiger partial charge in [0.15, 0.2) is 0 Å². The van der Waals surface area contributed by atoms with Gasteiger partial charge in [-0.3, -0.25) is 9.59 Å². The predicted molar refractivity (Wildman–Crippen MR) is 71.9 cm³/mol. The minimum atomic E-state index is -0.627. The van der Waals surface area contributed by atoms with E-state index in [0.717, 1.165) is 23.5 Å². The van der Waals surface area contributed by atoms with Crippen molar-refractivity contribution in [1.29, 1.82) is 10.5 Å². The average Bonchev–Trinajstić information content (AvgIpc) is 2.38. The van der Waals surface area contributed by atoms with Crippen LogP contribution in [0.3, 0.4) is 0 Å². The molecule has 0 unspecified atom stereocenters. The van der Waals surface area contributed by atoms with Gasteiger partial charge < -0.3 is 9.47 Å². The summed E-state index contributed by atoms with van der Waals surface area (Å²) >= 11 is 2.18. The van der Waals surface area contributed by atoms with E-state index in [-0.39, 0.29) is 13.2 Å². The van der Waals surface area contributed by atoms with Crippen LogP contribution in [0.2, 0.25) is 0 Å². The molecule has 0 atom stereocenters. The summed E-state index contributed by atoms with van der Waals surface area (Å²) in [6.45, 7) is 0.388. The summed E-state index contributed by atoms with van der Waals surface area (Å²) in [5.41, 5.74) is 0. The number of thiocyanates is 2. The molecule has 0 rings (SSSR count). The van der Waals surface area contributed by atoms with Crippen molar-refractivity contribution in [3.8, 4) is 10.8 Å². The Morgan fingerprint density at radius 2 is 1.32 bits per heavy atom. The Morgan fingerprint density at radius 3 is 1.68 bits per heavy atom. The van der Waals surface area contributed by atoms with Crippen molar-refractivity contribution in [1.82, 2.24) is 0 Å². The fraction of sp³-hybridized carbons (Fsp3) is 0.636. The Labute approximate surface area is 120 Å². The molecule has 0 aromatic rings. The van der Waals surface area contributed by atoms with Crippen LogP contribution in [0.4, 0.5) is 0 Å². The molecule has 0 aliphatic rings. The number of thioether (sulfide) groups is 2. The number of hydrogen-bond acceptors (Lipinski definition) is 8. The first-order valence-electron chi connectivity index (χ1n) is 5.53. The van der Waals surface area contributed by atoms with Crippen molar-refractivity contribution in [2.45, 2.75) is 19.3 Å². The highest BCUT2D eigenvalue weighted by Gasteiger charge is 2.11. The Kier molecular flexibility index (Phi) is 12.1. The number of rotatable bonds is 10. The molecule has 19 heavy (non-hydrogen) atoms. The number of ether oxygens (including phenoxy) is 2. The molecule has 0 N–H and O–H groups in total. The van der Waals surface area contributed by atoms with Gasteiger partial charge in [-0.25, -0.2) is 0 Å². The summed E-state index contributed by atoms with van der Waals surface area (Å²) in [6, 6.07) is 0. The third-order valence-corrected chi connectivity index (χ3v) is 2.97. The van der Waals surface area contributed by atoms with Crippen LogP contribution in [0.5, 0.6) is 0 Å². The molecule has 0 saturated carbocycles. The van der Waals surface area contributed by atoms with E-state index >= 15 is 0 Å². The maximum atomic E-state index is 11.2. The highest BCUT2D eigenvalue weighted by molar-refractivity contribution is 8.03. The molecule has 8 heteroatoms. The Balaban J connectivity index is 3.46. The van der Waals surface area contributed by atoms with E-state index in [4.69, 9.17) is 20.0 Å². The molecule has 0 bridgehead atoms. The fourth-order valence-corrected chi connectivity index (χ4v) is 1.65. The van der Waals surface area contributed by atoms with E-state index in [1.165, 1.54) is 0 Å². The van der Waals surface area contributed by atoms with Crippen LogP contribution in [-0.2, 0) is 19.1 Å². The molecule has 0 amide bonds. The minimum absolute atomic E-state index is 0.194. The molecular formula is C11H14N2O4S2. The van der Waals surface area contributed by atoms with Crippen LogP contribution in [-0.4, -0.2) is 36.7 Å². The van der Waals surface area contributed by atoms with Gasteiger partial charge in [0, 0.05) is 11.5 Å². The van der Waals surface area contributed by atoms with Crippen molar-refractivity contribution in [3.63, 3.8) is 0 Å². The molecule has 0 aliphatic heterocycles. The smallest absolute Gasteiger partial charge is 0.317 e. The zero-order chi connectivity index (χ0) is 14.3. The monoisotopic (exact) mass is 302 g/mol. The maximum Gasteiger partial charge on any atom is 0.317 e. The van der Waals surface area contributed by atoms with Gasteiger partial charge in [0.1, 0.15) is 17.2 Å². The van der Waals surface area contributed by atoms with E-state index < -0.39 is 18.4 Å². The van der Waals surface area contributed by atoms with Gasteiger partial charge in [0.2, 0.25) is 0 Å². The van der Waals surface area contributed by atoms with Crippen LogP contribution >= 0.6 is 23.5 Å². The first kappa shape index (κ1) is 17.6. The van der Waals surface area contributed by atoms with Gasteiger partial charge in [-0.2, -0.15) is 10.5 Å². The van der Waals surface area contributed by atoms with E-state index in [0.29, 0.717) is 24.3 Å². The lowest BCUT2D eigenvalue weighted by molar-refractivity contribution is -0.154. The summed E-state index contributed by atoms with van der Waals surface area (Å²) in [4.78, 5) is 22.4. The Bertz CT molecular complexity index is 329. The summed E-state index contributed by atoms with van der Waals surface area (Å²) in [7, 11) is 0. The van der Waals surface area contributed by atoms with Gasteiger partial charge >= 0.3 is 11.9 Å². The van der Waals surface area contributed by atoms with Crippen LogP contribution in [0.25, 0.3) is 0 Å². The molecule has 0 aromatic heterocycles. The van der Waals surface area contributed by atoms with E-state index in [1.807, 2.05) is 10.8 Å². The standard InChI is InChI=1S/C11H14N2O4S2/c12-8-18-5-1-3-16-10(14)7-11(15)17-4-2-6-19-9-13/h1-7H2. The van der Waals surface area contributed by atoms with E-state index in [2.05, 4.69) is 0 Å². The van der Waals surface area contributed by atoms with Crippen LogP contribution in [0.15, 0.2) is 0 Å². The average molecular weight is 302 g/mol. The minimum Gasteiger partial charge on any atom is -0.465 e. The van der Waals surface area contributed by atoms with Crippen molar-refractivity contribution in [3.05, 3.63) is 0 Å². The van der Waals surface area contributed by atoms with Crippen LogP contribution in [0, 0.1) is 21.3 Å². The highest BCUT2D eigenvalue weighted by atomic mass is 32.2. The second-order valence-electron chi connectivity index (χ2n) is 3.20. The summed E-state index contributed by atoms with van der Waals surface area (Å²) < 4.78 is 9.59. The number of esters is 2. The molecule has 0 saturated heterocycles. The summed E-state index contributed by atoms with van der Waals surface area (Å²) in [5, 5.41) is 20.3. The Morgan fingerprint density at radius 1 is 0.895 bits per heavy atom. The van der Waals surface area contributed by atoms with Gasteiger partial charge in [0.25, 0.3) is 0 Å². The lowest BCUT2D eigenvalue weighted by atomic mass is 10.4. The van der Waals surface area contributed by atoms with Gasteiger partial charge in [-0.15, -0.1) is 0 Å². The fourth-order valence-electron chi connectivity index (χ4n) is 0.945. The number of nitrogens with zero attached hydrogens (tertiary/aromatic N) is 2. The zero-order valence-electron chi connectivity index (χ0n) is 10.3. The molecule has 0 fully saturated rings. The van der Waals surface area contributed by atoms with Crippen LogP contribution < -0.4 is 0 Å². The van der Waals surface area contributed by atoms with Crippen LogP contribution in [0.1, 0.15) is 19.3 Å². The second kappa shape index (κ2) is 13.1. The predicted octanol–water partition coefficient (Wildman–Crippen LogP) is 1.67. The van der Waals surface area contributed by atoms with Gasteiger partial charge in [-0.05, 0) is 36.4 Å². The molecule has 0 heterocycles. The van der Waals surface area contributed by atoms with Crippen molar-refractivity contribution in [2.75, 3.05) is 24.7 Å². The topological polar surface area (TPSA) is 100 Å². The lowest BCUT2D eigenvalue weighted by Crippen LogP contribution is -2.15. The quantitative estimate of drug-likeness (QED) is 0.260. The summed E-state index contributed by atoms with van der Waals surface area (Å²) in [5.74, 6) is -0.0769. The first-order valence-corrected chi connectivity index (χ1v) is 7.50. The lowest BCUT2D eigenvalue weighted by Gasteiger charge is -2.04. The van der Waals surface area contributed by atoms with Crippen molar-refractivity contribution in [2.24, 2.45) is 0 Å². The summed E-state index contributed by atoms with van der Waals surface area (Å²) in [6.07, 6.45) is 0.742. The van der Waals surface area contributed by atoms with E-state index in [9.17, 15) is 9.59 Å². The third-order valence-electron chi connectivity index (χ3n) is 1.73. The van der Waals surface area contributed by atoms with Gasteiger partial charge in [-0.1, -0.05) is 0 Å². The first-order chi connectivity index (χ1) is 9.20. The van der Waals surface area contributed by atoms with Crippen molar-refractivity contribution < 1.29 is 19.1 Å². The zero-order valence-corrected chi connectivity index (χ0v) is 11.9. The number of nitriles is 2. The molecule has 0 radical (unpaired) electrons. The molecular weight excluding hydrogens is 288 g/mol. The molecule has 104 valence electrons. The largest absolute Gasteiger partial charge is 0.465 e. The SMILES string of the molecule is N#CSCCCOC(=O)CC(=O)OCCCSC#N.